The van der Waals surface area contributed by atoms with Crippen LogP contribution in [0.25, 0.3) is 0 Å². The molecule has 1 saturated heterocycles. The summed E-state index contributed by atoms with van der Waals surface area (Å²) in [4.78, 5) is 6.73. The highest BCUT2D eigenvalue weighted by molar-refractivity contribution is 5.78. The number of nitrogens with zero attached hydrogens (tertiary/aromatic N) is 2. The molecule has 4 nitrogen and oxygen atoms in total. The average Bonchev–Trinajstić information content (AvgIpc) is 2.78. The fourth-order valence-electron chi connectivity index (χ4n) is 2.56. The smallest absolute Gasteiger partial charge is 0.191 e. The van der Waals surface area contributed by atoms with Gasteiger partial charge in [0.05, 0.1) is 6.54 Å². The molecule has 1 aliphatic heterocycles. The Kier molecular flexibility index (Phi) is 5.87. The summed E-state index contributed by atoms with van der Waals surface area (Å²) in [5.74, 6) is 0.657. The van der Waals surface area contributed by atoms with Crippen molar-refractivity contribution in [3.8, 4) is 0 Å². The van der Waals surface area contributed by atoms with Crippen LogP contribution in [0.1, 0.15) is 37.4 Å². The van der Waals surface area contributed by atoms with E-state index in [0.717, 1.165) is 18.7 Å². The molecule has 4 heteroatoms. The van der Waals surface area contributed by atoms with Crippen LogP contribution in [0.5, 0.6) is 0 Å². The zero-order chi connectivity index (χ0) is 14.2. The summed E-state index contributed by atoms with van der Waals surface area (Å²) in [5, 5.41) is 0. The maximum absolute atomic E-state index is 6.12. The molecular weight excluding hydrogens is 250 g/mol. The number of hydrogen-bond acceptors (Lipinski definition) is 2. The summed E-state index contributed by atoms with van der Waals surface area (Å²) in [6.45, 7) is 2.62. The van der Waals surface area contributed by atoms with Gasteiger partial charge in [-0.3, -0.25) is 4.99 Å². The molecular formula is C16H25N3O. The van der Waals surface area contributed by atoms with Crippen molar-refractivity contribution >= 4 is 5.96 Å². The first-order valence-corrected chi connectivity index (χ1v) is 7.44. The molecule has 110 valence electrons. The number of methoxy groups -OCH3 is 1. The minimum Gasteiger partial charge on any atom is -0.375 e. The van der Waals surface area contributed by atoms with Gasteiger partial charge in [0.25, 0.3) is 0 Å². The van der Waals surface area contributed by atoms with E-state index in [4.69, 9.17) is 10.5 Å². The molecule has 1 fully saturated rings. The largest absolute Gasteiger partial charge is 0.375 e. The molecule has 0 saturated carbocycles. The van der Waals surface area contributed by atoms with E-state index < -0.39 is 0 Å². The van der Waals surface area contributed by atoms with E-state index in [1.807, 2.05) is 18.2 Å². The van der Waals surface area contributed by atoms with E-state index in [2.05, 4.69) is 22.0 Å². The summed E-state index contributed by atoms with van der Waals surface area (Å²) in [6, 6.07) is 10.2. The molecule has 0 radical (unpaired) electrons. The third-order valence-corrected chi connectivity index (χ3v) is 3.81. The Bertz CT molecular complexity index is 411. The second kappa shape index (κ2) is 7.90. The van der Waals surface area contributed by atoms with Crippen LogP contribution in [0.3, 0.4) is 0 Å². The maximum Gasteiger partial charge on any atom is 0.191 e. The molecule has 1 aliphatic rings. The van der Waals surface area contributed by atoms with Crippen LogP contribution in [-0.4, -0.2) is 37.6 Å². The zero-order valence-corrected chi connectivity index (χ0v) is 12.3. The molecule has 0 aliphatic carbocycles. The minimum atomic E-state index is -0.0262. The quantitative estimate of drug-likeness (QED) is 0.678. The van der Waals surface area contributed by atoms with Crippen molar-refractivity contribution in [1.82, 2.24) is 4.90 Å². The number of nitrogens with two attached hydrogens (primary N) is 1. The van der Waals surface area contributed by atoms with Crippen LogP contribution in [0.15, 0.2) is 35.3 Å². The number of ether oxygens (including phenoxy) is 1. The second-order valence-electron chi connectivity index (χ2n) is 5.24. The molecule has 0 bridgehead atoms. The lowest BCUT2D eigenvalue weighted by molar-refractivity contribution is 0.110. The molecule has 20 heavy (non-hydrogen) atoms. The highest BCUT2D eigenvalue weighted by Gasteiger charge is 2.13. The maximum atomic E-state index is 6.12. The number of hydrogen-bond donors (Lipinski definition) is 1. The van der Waals surface area contributed by atoms with Gasteiger partial charge in [-0.15, -0.1) is 0 Å². The van der Waals surface area contributed by atoms with Gasteiger partial charge in [-0.2, -0.15) is 0 Å². The van der Waals surface area contributed by atoms with Gasteiger partial charge in [-0.25, -0.2) is 0 Å². The van der Waals surface area contributed by atoms with Crippen LogP contribution < -0.4 is 5.73 Å². The molecule has 2 rings (SSSR count). The van der Waals surface area contributed by atoms with Gasteiger partial charge in [0.1, 0.15) is 6.10 Å². The van der Waals surface area contributed by atoms with Gasteiger partial charge in [0.15, 0.2) is 5.96 Å². The van der Waals surface area contributed by atoms with E-state index in [1.165, 1.54) is 25.7 Å². The van der Waals surface area contributed by atoms with Crippen molar-refractivity contribution in [3.63, 3.8) is 0 Å². The van der Waals surface area contributed by atoms with E-state index in [1.54, 1.807) is 7.11 Å². The molecule has 0 amide bonds. The van der Waals surface area contributed by atoms with Gasteiger partial charge < -0.3 is 15.4 Å². The number of guanidine groups is 1. The lowest BCUT2D eigenvalue weighted by Gasteiger charge is -2.22. The predicted octanol–water partition coefficient (Wildman–Crippen LogP) is 2.56. The number of aliphatic imine (C=N–C) groups is 1. The van der Waals surface area contributed by atoms with Gasteiger partial charge >= 0.3 is 0 Å². The Labute approximate surface area is 121 Å². The van der Waals surface area contributed by atoms with Gasteiger partial charge in [0.2, 0.25) is 0 Å². The summed E-state index contributed by atoms with van der Waals surface area (Å²) in [6.07, 6.45) is 5.00. The summed E-state index contributed by atoms with van der Waals surface area (Å²) < 4.78 is 5.52. The summed E-state index contributed by atoms with van der Waals surface area (Å²) in [7, 11) is 1.72. The van der Waals surface area contributed by atoms with E-state index >= 15 is 0 Å². The lowest BCUT2D eigenvalue weighted by atomic mass is 10.1. The molecule has 0 spiro atoms. The van der Waals surface area contributed by atoms with E-state index in [-0.39, 0.29) is 6.10 Å². The van der Waals surface area contributed by atoms with Crippen molar-refractivity contribution in [1.29, 1.82) is 0 Å². The number of rotatable bonds is 4. The average molecular weight is 275 g/mol. The first-order valence-electron chi connectivity index (χ1n) is 7.44. The van der Waals surface area contributed by atoms with Crippen LogP contribution in [0.2, 0.25) is 0 Å². The van der Waals surface area contributed by atoms with Gasteiger partial charge in [0, 0.05) is 20.2 Å². The molecule has 1 unspecified atom stereocenters. The first-order chi connectivity index (χ1) is 9.81. The summed E-state index contributed by atoms with van der Waals surface area (Å²) >= 11 is 0. The Hall–Kier alpha value is -1.55. The van der Waals surface area contributed by atoms with Crippen LogP contribution in [-0.2, 0) is 4.74 Å². The highest BCUT2D eigenvalue weighted by Crippen LogP contribution is 2.16. The Morgan fingerprint density at radius 2 is 1.85 bits per heavy atom. The normalized spacial score (nSPS) is 18.6. The van der Waals surface area contributed by atoms with Gasteiger partial charge in [-0.05, 0) is 18.4 Å². The van der Waals surface area contributed by atoms with Crippen molar-refractivity contribution in [2.24, 2.45) is 10.7 Å². The molecule has 1 aromatic carbocycles. The molecule has 2 N–H and O–H groups in total. The zero-order valence-electron chi connectivity index (χ0n) is 12.3. The second-order valence-corrected chi connectivity index (χ2v) is 5.24. The predicted molar refractivity (Wildman–Crippen MR) is 82.7 cm³/mol. The lowest BCUT2D eigenvalue weighted by Crippen LogP contribution is -2.38. The van der Waals surface area contributed by atoms with Crippen molar-refractivity contribution in [3.05, 3.63) is 35.9 Å². The monoisotopic (exact) mass is 275 g/mol. The molecule has 1 heterocycles. The van der Waals surface area contributed by atoms with Gasteiger partial charge in [-0.1, -0.05) is 43.2 Å². The molecule has 1 aromatic rings. The Morgan fingerprint density at radius 1 is 1.20 bits per heavy atom. The number of likely N-dealkylation sites (tertiary alicyclic amines) is 1. The van der Waals surface area contributed by atoms with E-state index in [0.29, 0.717) is 12.5 Å². The fraction of sp³-hybridized carbons (Fsp3) is 0.562. The SMILES string of the molecule is COC(CN=C(N)N1CCCCCC1)c1ccccc1. The van der Waals surface area contributed by atoms with Crippen LogP contribution in [0, 0.1) is 0 Å². The van der Waals surface area contributed by atoms with Crippen molar-refractivity contribution < 1.29 is 4.74 Å². The molecule has 0 aromatic heterocycles. The van der Waals surface area contributed by atoms with E-state index in [9.17, 15) is 0 Å². The topological polar surface area (TPSA) is 50.9 Å². The third kappa shape index (κ3) is 4.23. The van der Waals surface area contributed by atoms with Crippen molar-refractivity contribution in [2.45, 2.75) is 31.8 Å². The highest BCUT2D eigenvalue weighted by atomic mass is 16.5. The van der Waals surface area contributed by atoms with Crippen LogP contribution in [0.4, 0.5) is 0 Å². The Balaban J connectivity index is 1.95. The van der Waals surface area contributed by atoms with Crippen LogP contribution >= 0.6 is 0 Å². The number of benzene rings is 1. The standard InChI is InChI=1S/C16H25N3O/c1-20-15(14-9-5-4-6-10-14)13-18-16(17)19-11-7-2-3-8-12-19/h4-6,9-10,15H,2-3,7-8,11-13H2,1H3,(H2,17,18). The minimum absolute atomic E-state index is 0.0262. The Morgan fingerprint density at radius 3 is 2.45 bits per heavy atom. The van der Waals surface area contributed by atoms with Crippen molar-refractivity contribution in [2.75, 3.05) is 26.7 Å². The molecule has 1 atom stereocenters. The summed E-state index contributed by atoms with van der Waals surface area (Å²) in [5.41, 5.74) is 7.26. The first kappa shape index (κ1) is 14.9. The third-order valence-electron chi connectivity index (χ3n) is 3.81. The fourth-order valence-corrected chi connectivity index (χ4v) is 2.56.